The van der Waals surface area contributed by atoms with Crippen molar-refractivity contribution in [2.45, 2.75) is 50.8 Å². The summed E-state index contributed by atoms with van der Waals surface area (Å²) in [5.74, 6) is 0.792. The summed E-state index contributed by atoms with van der Waals surface area (Å²) in [7, 11) is 3.02. The predicted octanol–water partition coefficient (Wildman–Crippen LogP) is 2.78. The standard InChI is InChI=1S/C20H26F2N6O3/c1-20(30)7-11(8-20)28-15-4-5-27(19(29)31-3)10-13(15)18(25-28)26(2)16-6-12(17(21)22)14(23)9-24-16/h6,9,11,17,30H,4-5,7-8,10,23H2,1-3H3. The first-order valence-electron chi connectivity index (χ1n) is 10.0. The summed E-state index contributed by atoms with van der Waals surface area (Å²) >= 11 is 0. The van der Waals surface area contributed by atoms with Crippen LogP contribution in [0.3, 0.4) is 0 Å². The number of methoxy groups -OCH3 is 1. The van der Waals surface area contributed by atoms with E-state index in [1.807, 2.05) is 4.68 Å². The Hall–Kier alpha value is -2.95. The van der Waals surface area contributed by atoms with Crippen molar-refractivity contribution >= 4 is 23.4 Å². The minimum Gasteiger partial charge on any atom is -0.453 e. The van der Waals surface area contributed by atoms with Gasteiger partial charge in [0, 0.05) is 36.8 Å². The van der Waals surface area contributed by atoms with E-state index in [-0.39, 0.29) is 29.7 Å². The van der Waals surface area contributed by atoms with E-state index in [9.17, 15) is 18.7 Å². The summed E-state index contributed by atoms with van der Waals surface area (Å²) in [6, 6.07) is 1.28. The molecule has 9 nitrogen and oxygen atoms in total. The maximum absolute atomic E-state index is 13.3. The molecule has 4 rings (SSSR count). The molecule has 2 aromatic heterocycles. The lowest BCUT2D eigenvalue weighted by Gasteiger charge is -2.41. The van der Waals surface area contributed by atoms with Crippen molar-refractivity contribution in [3.8, 4) is 0 Å². The van der Waals surface area contributed by atoms with Gasteiger partial charge in [-0.05, 0) is 25.8 Å². The first-order valence-corrected chi connectivity index (χ1v) is 10.0. The number of carbonyl (C=O) groups is 1. The summed E-state index contributed by atoms with van der Waals surface area (Å²) in [5, 5.41) is 15.0. The number of pyridine rings is 1. The lowest BCUT2D eigenvalue weighted by molar-refractivity contribution is -0.0551. The zero-order chi connectivity index (χ0) is 22.5. The number of hydrogen-bond acceptors (Lipinski definition) is 7. The number of fused-ring (bicyclic) bond motifs is 1. The first-order chi connectivity index (χ1) is 14.6. The smallest absolute Gasteiger partial charge is 0.409 e. The Morgan fingerprint density at radius 3 is 2.77 bits per heavy atom. The number of hydrogen-bond donors (Lipinski definition) is 2. The number of amides is 1. The molecule has 31 heavy (non-hydrogen) atoms. The van der Waals surface area contributed by atoms with Crippen LogP contribution >= 0.6 is 0 Å². The van der Waals surface area contributed by atoms with Crippen LogP contribution in [0.15, 0.2) is 12.3 Å². The second-order valence-corrected chi connectivity index (χ2v) is 8.43. The molecule has 1 saturated carbocycles. The molecule has 168 valence electrons. The first kappa shape index (κ1) is 21.3. The van der Waals surface area contributed by atoms with Gasteiger partial charge in [-0.3, -0.25) is 4.68 Å². The minimum atomic E-state index is -2.73. The number of ether oxygens (including phenoxy) is 1. The minimum absolute atomic E-state index is 0.0339. The number of aliphatic hydroxyl groups is 1. The molecule has 0 radical (unpaired) electrons. The molecule has 0 atom stereocenters. The van der Waals surface area contributed by atoms with Crippen molar-refractivity contribution in [1.29, 1.82) is 0 Å². The molecule has 0 aromatic carbocycles. The van der Waals surface area contributed by atoms with Crippen LogP contribution in [0.1, 0.15) is 49.1 Å². The molecule has 1 fully saturated rings. The molecule has 3 N–H and O–H groups in total. The fraction of sp³-hybridized carbons (Fsp3) is 0.550. The third-order valence-electron chi connectivity index (χ3n) is 6.04. The number of alkyl halides is 2. The zero-order valence-electron chi connectivity index (χ0n) is 17.7. The number of carbonyl (C=O) groups excluding carboxylic acids is 1. The quantitative estimate of drug-likeness (QED) is 0.758. The maximum Gasteiger partial charge on any atom is 0.409 e. The van der Waals surface area contributed by atoms with Gasteiger partial charge in [-0.15, -0.1) is 0 Å². The van der Waals surface area contributed by atoms with Gasteiger partial charge in [-0.1, -0.05) is 0 Å². The van der Waals surface area contributed by atoms with Crippen LogP contribution in [0.5, 0.6) is 0 Å². The van der Waals surface area contributed by atoms with E-state index >= 15 is 0 Å². The Morgan fingerprint density at radius 1 is 1.45 bits per heavy atom. The monoisotopic (exact) mass is 436 g/mol. The molecular formula is C20H26F2N6O3. The number of rotatable bonds is 4. The summed E-state index contributed by atoms with van der Waals surface area (Å²) in [6.45, 7) is 2.55. The van der Waals surface area contributed by atoms with Gasteiger partial charge < -0.3 is 25.4 Å². The Balaban J connectivity index is 1.74. The van der Waals surface area contributed by atoms with Crippen molar-refractivity contribution in [3.63, 3.8) is 0 Å². The maximum atomic E-state index is 13.3. The van der Waals surface area contributed by atoms with Crippen LogP contribution in [-0.2, 0) is 17.7 Å². The summed E-state index contributed by atoms with van der Waals surface area (Å²) in [6.07, 6.45) is -0.249. The number of nitrogen functional groups attached to an aromatic ring is 1. The van der Waals surface area contributed by atoms with Crippen LogP contribution in [-0.4, -0.2) is 57.2 Å². The molecule has 0 bridgehead atoms. The van der Waals surface area contributed by atoms with Crippen molar-refractivity contribution in [3.05, 3.63) is 29.1 Å². The van der Waals surface area contributed by atoms with Crippen LogP contribution in [0.4, 0.5) is 30.9 Å². The van der Waals surface area contributed by atoms with Crippen molar-refractivity contribution < 1.29 is 23.4 Å². The van der Waals surface area contributed by atoms with E-state index in [1.165, 1.54) is 19.4 Å². The molecule has 11 heteroatoms. The van der Waals surface area contributed by atoms with Gasteiger partial charge in [-0.2, -0.15) is 5.10 Å². The third kappa shape index (κ3) is 3.78. The van der Waals surface area contributed by atoms with Crippen molar-refractivity contribution in [2.24, 2.45) is 0 Å². The molecular weight excluding hydrogens is 410 g/mol. The van der Waals surface area contributed by atoms with E-state index in [2.05, 4.69) is 4.98 Å². The third-order valence-corrected chi connectivity index (χ3v) is 6.04. The second kappa shape index (κ2) is 7.63. The van der Waals surface area contributed by atoms with Gasteiger partial charge in [0.15, 0.2) is 5.82 Å². The molecule has 0 spiro atoms. The normalized spacial score (nSPS) is 22.8. The number of halogens is 2. The topological polar surface area (TPSA) is 110 Å². The Morgan fingerprint density at radius 2 is 2.16 bits per heavy atom. The largest absolute Gasteiger partial charge is 0.453 e. The highest BCUT2D eigenvalue weighted by Gasteiger charge is 2.42. The molecule has 3 heterocycles. The molecule has 1 aliphatic carbocycles. The van der Waals surface area contributed by atoms with Crippen LogP contribution in [0.2, 0.25) is 0 Å². The highest BCUT2D eigenvalue weighted by Crippen LogP contribution is 2.44. The zero-order valence-corrected chi connectivity index (χ0v) is 17.7. The lowest BCUT2D eigenvalue weighted by Crippen LogP contribution is -2.43. The summed E-state index contributed by atoms with van der Waals surface area (Å²) in [5.41, 5.74) is 6.31. The van der Waals surface area contributed by atoms with Gasteiger partial charge in [-0.25, -0.2) is 18.6 Å². The number of aromatic nitrogens is 3. The predicted molar refractivity (Wildman–Crippen MR) is 109 cm³/mol. The molecule has 0 saturated heterocycles. The Bertz CT molecular complexity index is 1000. The Kier molecular flexibility index (Phi) is 5.24. The molecule has 1 aliphatic heterocycles. The average Bonchev–Trinajstić information content (AvgIpc) is 3.09. The van der Waals surface area contributed by atoms with Crippen LogP contribution < -0.4 is 10.6 Å². The fourth-order valence-corrected chi connectivity index (χ4v) is 4.36. The van der Waals surface area contributed by atoms with Gasteiger partial charge in [0.25, 0.3) is 6.43 Å². The van der Waals surface area contributed by atoms with Crippen LogP contribution in [0, 0.1) is 0 Å². The molecule has 0 unspecified atom stereocenters. The van der Waals surface area contributed by atoms with Crippen LogP contribution in [0.25, 0.3) is 0 Å². The average molecular weight is 436 g/mol. The molecule has 2 aromatic rings. The lowest BCUT2D eigenvalue weighted by atomic mass is 9.77. The Labute approximate surface area is 178 Å². The van der Waals surface area contributed by atoms with Crippen molar-refractivity contribution in [1.82, 2.24) is 19.7 Å². The van der Waals surface area contributed by atoms with Gasteiger partial charge in [0.05, 0.1) is 37.2 Å². The van der Waals surface area contributed by atoms with Crippen molar-refractivity contribution in [2.75, 3.05) is 31.3 Å². The van der Waals surface area contributed by atoms with E-state index in [4.69, 9.17) is 15.6 Å². The number of nitrogens with two attached hydrogens (primary N) is 1. The van der Waals surface area contributed by atoms with E-state index in [0.717, 1.165) is 11.3 Å². The van der Waals surface area contributed by atoms with Gasteiger partial charge in [0.1, 0.15) is 5.82 Å². The summed E-state index contributed by atoms with van der Waals surface area (Å²) < 4.78 is 33.4. The van der Waals surface area contributed by atoms with E-state index in [0.29, 0.717) is 31.6 Å². The number of nitrogens with zero attached hydrogens (tertiary/aromatic N) is 5. The summed E-state index contributed by atoms with van der Waals surface area (Å²) in [4.78, 5) is 19.5. The second-order valence-electron chi connectivity index (χ2n) is 8.43. The molecule has 2 aliphatic rings. The van der Waals surface area contributed by atoms with Gasteiger partial charge in [0.2, 0.25) is 0 Å². The van der Waals surface area contributed by atoms with Gasteiger partial charge >= 0.3 is 6.09 Å². The van der Waals surface area contributed by atoms with E-state index < -0.39 is 18.1 Å². The SMILES string of the molecule is COC(=O)N1CCc2c(c(N(C)c3cc(C(F)F)c(N)cn3)nn2C2CC(C)(O)C2)C1. The fourth-order valence-electron chi connectivity index (χ4n) is 4.36. The molecule has 1 amide bonds. The number of anilines is 3. The highest BCUT2D eigenvalue weighted by atomic mass is 19.3. The highest BCUT2D eigenvalue weighted by molar-refractivity contribution is 5.70. The van der Waals surface area contributed by atoms with E-state index in [1.54, 1.807) is 23.8 Å².